The number of nitrogens with zero attached hydrogens (tertiary/aromatic N) is 2. The second-order valence-electron chi connectivity index (χ2n) is 6.60. The highest BCUT2D eigenvalue weighted by atomic mass is 15.3. The molecular formula is C17H25N3. The molecule has 0 fully saturated rings. The molecule has 1 heterocycles. The number of hydrogen-bond acceptors (Lipinski definition) is 2. The Bertz CT molecular complexity index is 544. The molecular weight excluding hydrogens is 246 g/mol. The Hall–Kier alpha value is -1.61. The van der Waals surface area contributed by atoms with E-state index in [2.05, 4.69) is 75.4 Å². The Morgan fingerprint density at radius 3 is 2.30 bits per heavy atom. The zero-order chi connectivity index (χ0) is 14.8. The predicted molar refractivity (Wildman–Crippen MR) is 84.2 cm³/mol. The highest BCUT2D eigenvalue weighted by Gasteiger charge is 2.10. The standard InChI is InChI=1S/C17H25N3/c1-13(2)14-6-8-16(9-7-14)20-11-10-15(19-20)12-18-17(3,4)5/h6-11,13,18H,12H2,1-5H3. The third-order valence-electron chi connectivity index (χ3n) is 3.27. The summed E-state index contributed by atoms with van der Waals surface area (Å²) in [6, 6.07) is 10.7. The summed E-state index contributed by atoms with van der Waals surface area (Å²) in [4.78, 5) is 0. The van der Waals surface area contributed by atoms with Gasteiger partial charge in [0.1, 0.15) is 0 Å². The van der Waals surface area contributed by atoms with Gasteiger partial charge < -0.3 is 5.32 Å². The van der Waals surface area contributed by atoms with Crippen molar-refractivity contribution in [3.8, 4) is 5.69 Å². The topological polar surface area (TPSA) is 29.9 Å². The average Bonchev–Trinajstić information content (AvgIpc) is 2.84. The maximum absolute atomic E-state index is 4.61. The molecule has 2 aromatic rings. The van der Waals surface area contributed by atoms with Crippen LogP contribution in [0.2, 0.25) is 0 Å². The summed E-state index contributed by atoms with van der Waals surface area (Å²) < 4.78 is 1.93. The van der Waals surface area contributed by atoms with Crippen LogP contribution in [0.15, 0.2) is 36.5 Å². The molecule has 20 heavy (non-hydrogen) atoms. The first-order chi connectivity index (χ1) is 9.35. The molecule has 0 aliphatic rings. The Kier molecular flexibility index (Phi) is 4.29. The molecule has 1 aromatic carbocycles. The second kappa shape index (κ2) is 5.80. The number of nitrogens with one attached hydrogen (secondary N) is 1. The maximum Gasteiger partial charge on any atom is 0.0767 e. The van der Waals surface area contributed by atoms with Crippen LogP contribution >= 0.6 is 0 Å². The SMILES string of the molecule is CC(C)c1ccc(-n2ccc(CNC(C)(C)C)n2)cc1. The van der Waals surface area contributed by atoms with Gasteiger partial charge in [-0.05, 0) is 50.5 Å². The van der Waals surface area contributed by atoms with Crippen molar-refractivity contribution in [3.05, 3.63) is 47.8 Å². The summed E-state index contributed by atoms with van der Waals surface area (Å²) in [6.45, 7) is 11.7. The van der Waals surface area contributed by atoms with Crippen LogP contribution < -0.4 is 5.32 Å². The lowest BCUT2D eigenvalue weighted by molar-refractivity contribution is 0.420. The van der Waals surface area contributed by atoms with E-state index in [0.717, 1.165) is 17.9 Å². The molecule has 3 heteroatoms. The third kappa shape index (κ3) is 3.94. The lowest BCUT2D eigenvalue weighted by atomic mass is 10.0. The number of aromatic nitrogens is 2. The van der Waals surface area contributed by atoms with Gasteiger partial charge in [0.15, 0.2) is 0 Å². The molecule has 0 radical (unpaired) electrons. The Balaban J connectivity index is 2.08. The molecule has 0 saturated heterocycles. The van der Waals surface area contributed by atoms with E-state index in [-0.39, 0.29) is 5.54 Å². The van der Waals surface area contributed by atoms with Gasteiger partial charge in [-0.2, -0.15) is 5.10 Å². The fourth-order valence-electron chi connectivity index (χ4n) is 1.97. The predicted octanol–water partition coefficient (Wildman–Crippen LogP) is 3.88. The molecule has 0 aliphatic carbocycles. The molecule has 0 aliphatic heterocycles. The Labute approximate surface area is 122 Å². The van der Waals surface area contributed by atoms with Gasteiger partial charge in [0.2, 0.25) is 0 Å². The van der Waals surface area contributed by atoms with Gasteiger partial charge in [0, 0.05) is 18.3 Å². The van der Waals surface area contributed by atoms with Gasteiger partial charge in [0.25, 0.3) is 0 Å². The largest absolute Gasteiger partial charge is 0.306 e. The molecule has 0 atom stereocenters. The normalized spacial score (nSPS) is 12.1. The van der Waals surface area contributed by atoms with Gasteiger partial charge in [-0.3, -0.25) is 0 Å². The average molecular weight is 271 g/mol. The van der Waals surface area contributed by atoms with Gasteiger partial charge in [0.05, 0.1) is 11.4 Å². The summed E-state index contributed by atoms with van der Waals surface area (Å²) in [6.07, 6.45) is 2.02. The minimum atomic E-state index is 0.114. The van der Waals surface area contributed by atoms with Gasteiger partial charge >= 0.3 is 0 Å². The van der Waals surface area contributed by atoms with Crippen molar-refractivity contribution in [1.29, 1.82) is 0 Å². The minimum absolute atomic E-state index is 0.114. The second-order valence-corrected chi connectivity index (χ2v) is 6.60. The molecule has 0 spiro atoms. The van der Waals surface area contributed by atoms with E-state index >= 15 is 0 Å². The highest BCUT2D eigenvalue weighted by molar-refractivity contribution is 5.35. The molecule has 0 amide bonds. The van der Waals surface area contributed by atoms with E-state index in [0.29, 0.717) is 5.92 Å². The Morgan fingerprint density at radius 2 is 1.75 bits per heavy atom. The van der Waals surface area contributed by atoms with Crippen LogP contribution in [-0.2, 0) is 6.54 Å². The van der Waals surface area contributed by atoms with Crippen molar-refractivity contribution < 1.29 is 0 Å². The Morgan fingerprint density at radius 1 is 1.10 bits per heavy atom. The van der Waals surface area contributed by atoms with Crippen LogP contribution in [0.5, 0.6) is 0 Å². The monoisotopic (exact) mass is 271 g/mol. The molecule has 0 saturated carbocycles. The summed E-state index contributed by atoms with van der Waals surface area (Å²) in [5.74, 6) is 0.563. The fraction of sp³-hybridized carbons (Fsp3) is 0.471. The van der Waals surface area contributed by atoms with Crippen molar-refractivity contribution in [2.45, 2.75) is 52.6 Å². The van der Waals surface area contributed by atoms with Gasteiger partial charge in [-0.15, -0.1) is 0 Å². The molecule has 0 unspecified atom stereocenters. The van der Waals surface area contributed by atoms with Crippen LogP contribution in [0.1, 0.15) is 51.8 Å². The number of benzene rings is 1. The first kappa shape index (κ1) is 14.8. The zero-order valence-corrected chi connectivity index (χ0v) is 13.1. The molecule has 0 bridgehead atoms. The summed E-state index contributed by atoms with van der Waals surface area (Å²) in [5.41, 5.74) is 3.64. The lowest BCUT2D eigenvalue weighted by Gasteiger charge is -2.19. The van der Waals surface area contributed by atoms with Crippen LogP contribution in [0, 0.1) is 0 Å². The third-order valence-corrected chi connectivity index (χ3v) is 3.27. The van der Waals surface area contributed by atoms with Crippen LogP contribution in [0.25, 0.3) is 5.69 Å². The fourth-order valence-corrected chi connectivity index (χ4v) is 1.97. The first-order valence-corrected chi connectivity index (χ1v) is 7.25. The van der Waals surface area contributed by atoms with Crippen molar-refractivity contribution in [2.75, 3.05) is 0 Å². The molecule has 3 nitrogen and oxygen atoms in total. The lowest BCUT2D eigenvalue weighted by Crippen LogP contribution is -2.35. The van der Waals surface area contributed by atoms with E-state index in [1.807, 2.05) is 10.9 Å². The van der Waals surface area contributed by atoms with Crippen molar-refractivity contribution in [1.82, 2.24) is 15.1 Å². The molecule has 1 N–H and O–H groups in total. The molecule has 2 rings (SSSR count). The van der Waals surface area contributed by atoms with Crippen LogP contribution in [-0.4, -0.2) is 15.3 Å². The van der Waals surface area contributed by atoms with Gasteiger partial charge in [-0.25, -0.2) is 4.68 Å². The quantitative estimate of drug-likeness (QED) is 0.914. The summed E-state index contributed by atoms with van der Waals surface area (Å²) >= 11 is 0. The van der Waals surface area contributed by atoms with Crippen LogP contribution in [0.4, 0.5) is 0 Å². The molecule has 1 aromatic heterocycles. The minimum Gasteiger partial charge on any atom is -0.306 e. The zero-order valence-electron chi connectivity index (χ0n) is 13.1. The van der Waals surface area contributed by atoms with Crippen molar-refractivity contribution in [3.63, 3.8) is 0 Å². The summed E-state index contributed by atoms with van der Waals surface area (Å²) in [5, 5.41) is 8.06. The summed E-state index contributed by atoms with van der Waals surface area (Å²) in [7, 11) is 0. The maximum atomic E-state index is 4.61. The highest BCUT2D eigenvalue weighted by Crippen LogP contribution is 2.16. The number of rotatable bonds is 4. The smallest absolute Gasteiger partial charge is 0.0767 e. The van der Waals surface area contributed by atoms with E-state index in [1.54, 1.807) is 0 Å². The van der Waals surface area contributed by atoms with Gasteiger partial charge in [-0.1, -0.05) is 26.0 Å². The van der Waals surface area contributed by atoms with E-state index < -0.39 is 0 Å². The van der Waals surface area contributed by atoms with E-state index in [4.69, 9.17) is 0 Å². The van der Waals surface area contributed by atoms with Crippen molar-refractivity contribution in [2.24, 2.45) is 0 Å². The van der Waals surface area contributed by atoms with Crippen LogP contribution in [0.3, 0.4) is 0 Å². The van der Waals surface area contributed by atoms with E-state index in [9.17, 15) is 0 Å². The first-order valence-electron chi connectivity index (χ1n) is 7.25. The van der Waals surface area contributed by atoms with E-state index in [1.165, 1.54) is 5.56 Å². The number of hydrogen-bond donors (Lipinski definition) is 1. The van der Waals surface area contributed by atoms with Crippen molar-refractivity contribution >= 4 is 0 Å². The molecule has 108 valence electrons.